The number of H-pyrrole nitrogens is 1. The summed E-state index contributed by atoms with van der Waals surface area (Å²) in [6, 6.07) is 11.3. The molecule has 0 unspecified atom stereocenters. The van der Waals surface area contributed by atoms with Crippen LogP contribution in [0.2, 0.25) is 0 Å². The molecule has 1 heterocycles. The van der Waals surface area contributed by atoms with Gasteiger partial charge in [0.15, 0.2) is 0 Å². The number of likely N-dealkylation sites (N-methyl/N-ethyl adjacent to an activating group) is 1. The summed E-state index contributed by atoms with van der Waals surface area (Å²) in [5.74, 6) is -0.472. The maximum atomic E-state index is 12.4. The quantitative estimate of drug-likeness (QED) is 0.907. The molecule has 2 rings (SSSR count). The molecule has 23 heavy (non-hydrogen) atoms. The Bertz CT molecular complexity index is 686. The van der Waals surface area contributed by atoms with Crippen molar-refractivity contribution in [3.63, 3.8) is 0 Å². The van der Waals surface area contributed by atoms with E-state index in [9.17, 15) is 9.59 Å². The zero-order valence-corrected chi connectivity index (χ0v) is 13.9. The van der Waals surface area contributed by atoms with Crippen molar-refractivity contribution in [2.75, 3.05) is 13.6 Å². The van der Waals surface area contributed by atoms with Crippen LogP contribution in [0.15, 0.2) is 36.4 Å². The summed E-state index contributed by atoms with van der Waals surface area (Å²) in [6.07, 6.45) is 0. The van der Waals surface area contributed by atoms with Crippen molar-refractivity contribution in [3.8, 4) is 11.3 Å². The van der Waals surface area contributed by atoms with E-state index in [2.05, 4.69) is 15.5 Å². The Kier molecular flexibility index (Phi) is 4.83. The highest BCUT2D eigenvalue weighted by Crippen LogP contribution is 2.17. The highest BCUT2D eigenvalue weighted by atomic mass is 16.2. The summed E-state index contributed by atoms with van der Waals surface area (Å²) >= 11 is 0. The van der Waals surface area contributed by atoms with Gasteiger partial charge in [-0.1, -0.05) is 30.3 Å². The van der Waals surface area contributed by atoms with E-state index in [1.54, 1.807) is 13.1 Å². The van der Waals surface area contributed by atoms with Crippen molar-refractivity contribution in [3.05, 3.63) is 42.1 Å². The molecule has 1 aromatic carbocycles. The summed E-state index contributed by atoms with van der Waals surface area (Å²) in [4.78, 5) is 25.6. The lowest BCUT2D eigenvalue weighted by molar-refractivity contribution is -0.122. The van der Waals surface area contributed by atoms with Gasteiger partial charge in [0.1, 0.15) is 5.69 Å². The number of nitrogens with one attached hydrogen (secondary N) is 2. The Morgan fingerprint density at radius 1 is 1.22 bits per heavy atom. The number of amides is 2. The van der Waals surface area contributed by atoms with Crippen molar-refractivity contribution in [2.45, 2.75) is 26.3 Å². The molecule has 0 saturated carbocycles. The molecule has 0 aliphatic carbocycles. The van der Waals surface area contributed by atoms with Crippen LogP contribution in [0.5, 0.6) is 0 Å². The smallest absolute Gasteiger partial charge is 0.272 e. The van der Waals surface area contributed by atoms with Crippen LogP contribution in [-0.2, 0) is 4.79 Å². The summed E-state index contributed by atoms with van der Waals surface area (Å²) in [6.45, 7) is 5.69. The number of carbonyl (C=O) groups is 2. The van der Waals surface area contributed by atoms with Crippen LogP contribution in [0.3, 0.4) is 0 Å². The van der Waals surface area contributed by atoms with E-state index in [1.165, 1.54) is 4.90 Å². The van der Waals surface area contributed by atoms with Gasteiger partial charge in [-0.2, -0.15) is 5.10 Å². The lowest BCUT2D eigenvalue weighted by atomic mass is 10.1. The zero-order valence-electron chi connectivity index (χ0n) is 13.9. The Hall–Kier alpha value is -2.63. The normalized spacial score (nSPS) is 11.1. The van der Waals surface area contributed by atoms with Crippen molar-refractivity contribution in [1.82, 2.24) is 20.4 Å². The lowest BCUT2D eigenvalue weighted by Crippen LogP contribution is -2.46. The van der Waals surface area contributed by atoms with E-state index >= 15 is 0 Å². The summed E-state index contributed by atoms with van der Waals surface area (Å²) in [7, 11) is 1.59. The molecule has 0 radical (unpaired) electrons. The molecule has 0 aliphatic rings. The first-order valence-electron chi connectivity index (χ1n) is 7.43. The summed E-state index contributed by atoms with van der Waals surface area (Å²) in [5.41, 5.74) is 1.66. The second-order valence-corrected chi connectivity index (χ2v) is 6.49. The number of benzene rings is 1. The summed E-state index contributed by atoms with van der Waals surface area (Å²) < 4.78 is 0. The minimum atomic E-state index is -0.324. The minimum absolute atomic E-state index is 0.00417. The number of nitrogens with zero attached hydrogens (tertiary/aromatic N) is 2. The van der Waals surface area contributed by atoms with Crippen molar-refractivity contribution in [2.24, 2.45) is 0 Å². The minimum Gasteiger partial charge on any atom is -0.350 e. The molecule has 0 saturated heterocycles. The van der Waals surface area contributed by atoms with Crippen molar-refractivity contribution < 1.29 is 9.59 Å². The first-order valence-corrected chi connectivity index (χ1v) is 7.43. The number of hydrogen-bond donors (Lipinski definition) is 2. The third-order valence-corrected chi connectivity index (χ3v) is 3.12. The van der Waals surface area contributed by atoms with Crippen LogP contribution in [0.25, 0.3) is 11.3 Å². The van der Waals surface area contributed by atoms with Gasteiger partial charge in [-0.15, -0.1) is 0 Å². The zero-order chi connectivity index (χ0) is 17.0. The Balaban J connectivity index is 2.03. The van der Waals surface area contributed by atoms with Crippen molar-refractivity contribution in [1.29, 1.82) is 0 Å². The molecule has 1 aromatic heterocycles. The van der Waals surface area contributed by atoms with Gasteiger partial charge in [-0.05, 0) is 26.8 Å². The molecule has 2 aromatic rings. The fraction of sp³-hybridized carbons (Fsp3) is 0.353. The van der Waals surface area contributed by atoms with Crippen LogP contribution in [0.4, 0.5) is 0 Å². The van der Waals surface area contributed by atoms with Gasteiger partial charge >= 0.3 is 0 Å². The monoisotopic (exact) mass is 314 g/mol. The number of rotatable bonds is 4. The Labute approximate surface area is 135 Å². The van der Waals surface area contributed by atoms with E-state index in [0.29, 0.717) is 11.4 Å². The van der Waals surface area contributed by atoms with E-state index in [0.717, 1.165) is 5.56 Å². The van der Waals surface area contributed by atoms with Crippen LogP contribution in [0.1, 0.15) is 31.3 Å². The van der Waals surface area contributed by atoms with Gasteiger partial charge < -0.3 is 10.2 Å². The summed E-state index contributed by atoms with van der Waals surface area (Å²) in [5, 5.41) is 9.72. The average molecular weight is 314 g/mol. The molecule has 2 amide bonds. The second-order valence-electron chi connectivity index (χ2n) is 6.49. The molecular weight excluding hydrogens is 292 g/mol. The number of hydrogen-bond acceptors (Lipinski definition) is 3. The molecule has 0 aliphatic heterocycles. The van der Waals surface area contributed by atoms with E-state index < -0.39 is 0 Å². The van der Waals surface area contributed by atoms with Gasteiger partial charge in [0.2, 0.25) is 5.91 Å². The van der Waals surface area contributed by atoms with Gasteiger partial charge in [0, 0.05) is 18.2 Å². The van der Waals surface area contributed by atoms with E-state index in [4.69, 9.17) is 0 Å². The van der Waals surface area contributed by atoms with Crippen LogP contribution >= 0.6 is 0 Å². The highest BCUT2D eigenvalue weighted by Gasteiger charge is 2.20. The van der Waals surface area contributed by atoms with Crippen molar-refractivity contribution >= 4 is 11.8 Å². The lowest BCUT2D eigenvalue weighted by Gasteiger charge is -2.23. The molecule has 0 bridgehead atoms. The maximum absolute atomic E-state index is 12.4. The van der Waals surface area contributed by atoms with E-state index in [-0.39, 0.29) is 23.9 Å². The maximum Gasteiger partial charge on any atom is 0.272 e. The first-order chi connectivity index (χ1) is 10.8. The van der Waals surface area contributed by atoms with E-state index in [1.807, 2.05) is 51.1 Å². The Morgan fingerprint density at radius 2 is 1.87 bits per heavy atom. The standard InChI is InChI=1S/C17H22N4O2/c1-17(2,3)18-15(22)11-21(4)16(23)14-10-13(19-20-14)12-8-6-5-7-9-12/h5-10H,11H2,1-4H3,(H,18,22)(H,19,20). The topological polar surface area (TPSA) is 78.1 Å². The number of aromatic amines is 1. The first kappa shape index (κ1) is 16.7. The Morgan fingerprint density at radius 3 is 2.48 bits per heavy atom. The molecule has 6 heteroatoms. The number of aromatic nitrogens is 2. The van der Waals surface area contributed by atoms with Crippen LogP contribution in [-0.4, -0.2) is 46.0 Å². The predicted molar refractivity (Wildman–Crippen MR) is 88.9 cm³/mol. The highest BCUT2D eigenvalue weighted by molar-refractivity contribution is 5.95. The molecule has 0 atom stereocenters. The van der Waals surface area contributed by atoms with Gasteiger partial charge in [-0.3, -0.25) is 14.7 Å². The third kappa shape index (κ3) is 4.67. The predicted octanol–water partition coefficient (Wildman–Crippen LogP) is 2.06. The fourth-order valence-electron chi connectivity index (χ4n) is 2.14. The van der Waals surface area contributed by atoms with Crippen LogP contribution < -0.4 is 5.32 Å². The average Bonchev–Trinajstić information content (AvgIpc) is 2.95. The SMILES string of the molecule is CN(CC(=O)NC(C)(C)C)C(=O)c1cc(-c2ccccc2)n[nH]1. The molecular formula is C17H22N4O2. The largest absolute Gasteiger partial charge is 0.350 e. The third-order valence-electron chi connectivity index (χ3n) is 3.12. The molecule has 6 nitrogen and oxygen atoms in total. The van der Waals surface area contributed by atoms with Crippen LogP contribution in [0, 0.1) is 0 Å². The molecule has 0 spiro atoms. The van der Waals surface area contributed by atoms with Gasteiger partial charge in [0.25, 0.3) is 5.91 Å². The molecule has 122 valence electrons. The molecule has 2 N–H and O–H groups in total. The second kappa shape index (κ2) is 6.64. The number of carbonyl (C=O) groups excluding carboxylic acids is 2. The fourth-order valence-corrected chi connectivity index (χ4v) is 2.14. The van der Waals surface area contributed by atoms with Gasteiger partial charge in [0.05, 0.1) is 12.2 Å². The molecule has 0 fully saturated rings. The van der Waals surface area contributed by atoms with Gasteiger partial charge in [-0.25, -0.2) is 0 Å².